The number of rotatable bonds is 7. The van der Waals surface area contributed by atoms with Crippen molar-refractivity contribution in [3.05, 3.63) is 58.1 Å². The maximum atomic E-state index is 12.0. The second-order valence-electron chi connectivity index (χ2n) is 5.94. The molecular weight excluding hydrogens is 352 g/mol. The third-order valence-electron chi connectivity index (χ3n) is 3.84. The van der Waals surface area contributed by atoms with Gasteiger partial charge in [-0.2, -0.15) is 5.10 Å². The fourth-order valence-corrected chi connectivity index (χ4v) is 2.41. The Labute approximate surface area is 159 Å². The monoisotopic (exact) mass is 374 g/mol. The number of carbonyl (C=O) groups is 1. The average Bonchev–Trinajstić information content (AvgIpc) is 2.63. The number of amides is 1. The normalized spacial score (nSPS) is 12.0. The summed E-state index contributed by atoms with van der Waals surface area (Å²) in [5.41, 5.74) is 4.81. The molecule has 26 heavy (non-hydrogen) atoms. The van der Waals surface area contributed by atoms with Gasteiger partial charge in [-0.1, -0.05) is 36.2 Å². The highest BCUT2D eigenvalue weighted by molar-refractivity contribution is 6.32. The summed E-state index contributed by atoms with van der Waals surface area (Å²) in [6.07, 6.45) is 2.39. The molecule has 0 radical (unpaired) electrons. The number of hydrazone groups is 1. The molecular formula is C20H23ClN2O3. The molecule has 0 bridgehead atoms. The molecule has 0 saturated carbocycles. The van der Waals surface area contributed by atoms with Gasteiger partial charge in [0.1, 0.15) is 0 Å². The summed E-state index contributed by atoms with van der Waals surface area (Å²) in [6, 6.07) is 10.7. The lowest BCUT2D eigenvalue weighted by Gasteiger charge is -2.17. The van der Waals surface area contributed by atoms with E-state index in [1.54, 1.807) is 31.4 Å². The summed E-state index contributed by atoms with van der Waals surface area (Å²) in [7, 11) is 1.55. The third-order valence-corrected chi connectivity index (χ3v) is 4.12. The third kappa shape index (κ3) is 5.23. The minimum absolute atomic E-state index is 0.0229. The fraction of sp³-hybridized carbons (Fsp3) is 0.300. The van der Waals surface area contributed by atoms with Crippen molar-refractivity contribution in [1.82, 2.24) is 5.43 Å². The molecule has 2 aromatic rings. The standard InChI is InChI=1S/C20H23ClN2O3/c1-5-14(3)26-19-17(21)10-15(11-18(19)25-4)12-22-23-20(24)16-8-6-13(2)7-9-16/h6-12,14H,5H2,1-4H3,(H,23,24)/b22-12-/t14-/m0/s1. The number of halogens is 1. The van der Waals surface area contributed by atoms with E-state index >= 15 is 0 Å². The van der Waals surface area contributed by atoms with Gasteiger partial charge in [-0.3, -0.25) is 4.79 Å². The first kappa shape index (κ1) is 19.8. The van der Waals surface area contributed by atoms with E-state index < -0.39 is 0 Å². The molecule has 5 nitrogen and oxygen atoms in total. The molecule has 0 aliphatic rings. The van der Waals surface area contributed by atoms with Crippen LogP contribution in [-0.2, 0) is 0 Å². The number of hydrogen-bond donors (Lipinski definition) is 1. The van der Waals surface area contributed by atoms with E-state index in [0.717, 1.165) is 12.0 Å². The van der Waals surface area contributed by atoms with Gasteiger partial charge in [-0.15, -0.1) is 0 Å². The maximum Gasteiger partial charge on any atom is 0.271 e. The molecule has 0 heterocycles. The predicted octanol–water partition coefficient (Wildman–Crippen LogP) is 4.60. The Hall–Kier alpha value is -2.53. The molecule has 2 aromatic carbocycles. The Kier molecular flexibility index (Phi) is 7.04. The van der Waals surface area contributed by atoms with Crippen molar-refractivity contribution in [1.29, 1.82) is 0 Å². The van der Waals surface area contributed by atoms with Crippen LogP contribution in [0.15, 0.2) is 41.5 Å². The molecule has 0 fully saturated rings. The summed E-state index contributed by atoms with van der Waals surface area (Å²) in [5.74, 6) is 0.740. The van der Waals surface area contributed by atoms with Crippen molar-refractivity contribution in [3.8, 4) is 11.5 Å². The van der Waals surface area contributed by atoms with Crippen LogP contribution in [0.5, 0.6) is 11.5 Å². The van der Waals surface area contributed by atoms with Gasteiger partial charge in [-0.05, 0) is 50.1 Å². The number of nitrogens with zero attached hydrogens (tertiary/aromatic N) is 1. The van der Waals surface area contributed by atoms with Crippen LogP contribution in [0.4, 0.5) is 0 Å². The van der Waals surface area contributed by atoms with Gasteiger partial charge in [-0.25, -0.2) is 5.43 Å². The van der Waals surface area contributed by atoms with E-state index in [0.29, 0.717) is 27.6 Å². The lowest BCUT2D eigenvalue weighted by molar-refractivity contribution is 0.0955. The summed E-state index contributed by atoms with van der Waals surface area (Å²) >= 11 is 6.31. The van der Waals surface area contributed by atoms with Crippen molar-refractivity contribution in [2.45, 2.75) is 33.3 Å². The zero-order chi connectivity index (χ0) is 19.1. The molecule has 2 rings (SSSR count). The Morgan fingerprint density at radius 2 is 2.00 bits per heavy atom. The van der Waals surface area contributed by atoms with Crippen LogP contribution in [0.3, 0.4) is 0 Å². The van der Waals surface area contributed by atoms with E-state index in [4.69, 9.17) is 21.1 Å². The summed E-state index contributed by atoms with van der Waals surface area (Å²) in [6.45, 7) is 5.96. The predicted molar refractivity (Wildman–Crippen MR) is 105 cm³/mol. The van der Waals surface area contributed by atoms with Crippen LogP contribution in [0.2, 0.25) is 5.02 Å². The SMILES string of the molecule is CC[C@H](C)Oc1c(Cl)cc(/C=N\NC(=O)c2ccc(C)cc2)cc1OC. The summed E-state index contributed by atoms with van der Waals surface area (Å²) in [4.78, 5) is 12.0. The van der Waals surface area contributed by atoms with Gasteiger partial charge in [0.2, 0.25) is 0 Å². The zero-order valence-corrected chi connectivity index (χ0v) is 16.1. The van der Waals surface area contributed by atoms with Gasteiger partial charge in [0.15, 0.2) is 11.5 Å². The first-order valence-electron chi connectivity index (χ1n) is 8.38. The second-order valence-corrected chi connectivity index (χ2v) is 6.34. The van der Waals surface area contributed by atoms with Crippen LogP contribution in [0.25, 0.3) is 0 Å². The maximum absolute atomic E-state index is 12.0. The number of hydrogen-bond acceptors (Lipinski definition) is 4. The van der Waals surface area contributed by atoms with Gasteiger partial charge in [0, 0.05) is 5.56 Å². The number of ether oxygens (including phenoxy) is 2. The zero-order valence-electron chi connectivity index (χ0n) is 15.4. The molecule has 0 spiro atoms. The molecule has 6 heteroatoms. The Balaban J connectivity index is 2.11. The highest BCUT2D eigenvalue weighted by atomic mass is 35.5. The van der Waals surface area contributed by atoms with E-state index in [2.05, 4.69) is 10.5 Å². The van der Waals surface area contributed by atoms with Crippen molar-refractivity contribution in [2.75, 3.05) is 7.11 Å². The summed E-state index contributed by atoms with van der Waals surface area (Å²) < 4.78 is 11.2. The minimum Gasteiger partial charge on any atom is -0.493 e. The highest BCUT2D eigenvalue weighted by Gasteiger charge is 2.14. The quantitative estimate of drug-likeness (QED) is 0.569. The second kappa shape index (κ2) is 9.25. The highest BCUT2D eigenvalue weighted by Crippen LogP contribution is 2.37. The van der Waals surface area contributed by atoms with E-state index in [1.165, 1.54) is 6.21 Å². The Bertz CT molecular complexity index is 788. The molecule has 138 valence electrons. The average molecular weight is 375 g/mol. The molecule has 0 aliphatic carbocycles. The van der Waals surface area contributed by atoms with E-state index in [-0.39, 0.29) is 12.0 Å². The first-order chi connectivity index (χ1) is 12.4. The topological polar surface area (TPSA) is 59.9 Å². The largest absolute Gasteiger partial charge is 0.493 e. The van der Waals surface area contributed by atoms with Crippen LogP contribution in [-0.4, -0.2) is 25.3 Å². The number of methoxy groups -OCH3 is 1. The molecule has 0 aromatic heterocycles. The molecule has 1 N–H and O–H groups in total. The van der Waals surface area contributed by atoms with Gasteiger partial charge in [0.05, 0.1) is 24.5 Å². The van der Waals surface area contributed by atoms with Crippen molar-refractivity contribution in [3.63, 3.8) is 0 Å². The van der Waals surface area contributed by atoms with Crippen molar-refractivity contribution < 1.29 is 14.3 Å². The minimum atomic E-state index is -0.281. The van der Waals surface area contributed by atoms with Crippen LogP contribution in [0, 0.1) is 6.92 Å². The number of carbonyl (C=O) groups excluding carboxylic acids is 1. The number of benzene rings is 2. The Morgan fingerprint density at radius 3 is 2.62 bits per heavy atom. The van der Waals surface area contributed by atoms with Gasteiger partial charge in [0.25, 0.3) is 5.91 Å². The van der Waals surface area contributed by atoms with Gasteiger partial charge < -0.3 is 9.47 Å². The summed E-state index contributed by atoms with van der Waals surface area (Å²) in [5, 5.41) is 4.41. The smallest absolute Gasteiger partial charge is 0.271 e. The first-order valence-corrected chi connectivity index (χ1v) is 8.76. The molecule has 1 atom stereocenters. The van der Waals surface area contributed by atoms with Crippen LogP contribution < -0.4 is 14.9 Å². The lowest BCUT2D eigenvalue weighted by atomic mass is 10.1. The Morgan fingerprint density at radius 1 is 1.31 bits per heavy atom. The van der Waals surface area contributed by atoms with Crippen molar-refractivity contribution in [2.24, 2.45) is 5.10 Å². The van der Waals surface area contributed by atoms with Crippen LogP contribution >= 0.6 is 11.6 Å². The number of nitrogens with one attached hydrogen (secondary N) is 1. The molecule has 0 aliphatic heterocycles. The molecule has 0 saturated heterocycles. The lowest BCUT2D eigenvalue weighted by Crippen LogP contribution is -2.17. The fourth-order valence-electron chi connectivity index (χ4n) is 2.15. The molecule has 1 amide bonds. The van der Waals surface area contributed by atoms with E-state index in [9.17, 15) is 4.79 Å². The number of aryl methyl sites for hydroxylation is 1. The van der Waals surface area contributed by atoms with E-state index in [1.807, 2.05) is 32.9 Å². The molecule has 0 unspecified atom stereocenters. The van der Waals surface area contributed by atoms with Crippen LogP contribution in [0.1, 0.15) is 41.8 Å². The van der Waals surface area contributed by atoms with Crippen molar-refractivity contribution >= 4 is 23.7 Å². The van der Waals surface area contributed by atoms with Gasteiger partial charge >= 0.3 is 0 Å².